The maximum absolute atomic E-state index is 12.2. The van der Waals surface area contributed by atoms with Gasteiger partial charge in [-0.1, -0.05) is 36.4 Å². The minimum absolute atomic E-state index is 0.232. The van der Waals surface area contributed by atoms with Gasteiger partial charge in [0.15, 0.2) is 6.61 Å². The van der Waals surface area contributed by atoms with Crippen LogP contribution in [0.25, 0.3) is 10.8 Å². The zero-order valence-electron chi connectivity index (χ0n) is 13.2. The van der Waals surface area contributed by atoms with Crippen LogP contribution >= 0.6 is 0 Å². The van der Waals surface area contributed by atoms with Crippen molar-refractivity contribution in [3.05, 3.63) is 42.5 Å². The molecule has 0 aliphatic carbocycles. The van der Waals surface area contributed by atoms with Crippen LogP contribution in [0, 0.1) is 0 Å². The van der Waals surface area contributed by atoms with E-state index in [1.165, 1.54) is 0 Å². The van der Waals surface area contributed by atoms with Crippen LogP contribution in [-0.4, -0.2) is 42.3 Å². The Morgan fingerprint density at radius 2 is 1.83 bits per heavy atom. The monoisotopic (exact) mass is 329 g/mol. The second-order valence-electron chi connectivity index (χ2n) is 5.81. The Morgan fingerprint density at radius 3 is 2.58 bits per heavy atom. The van der Waals surface area contributed by atoms with Crippen LogP contribution in [0.3, 0.4) is 0 Å². The number of aliphatic carboxylic acids is 1. The van der Waals surface area contributed by atoms with Gasteiger partial charge in [0.05, 0.1) is 0 Å². The smallest absolute Gasteiger partial charge is 0.329 e. The third-order valence-electron chi connectivity index (χ3n) is 4.24. The molecule has 2 N–H and O–H groups in total. The summed E-state index contributed by atoms with van der Waals surface area (Å²) in [5, 5.41) is 14.0. The van der Waals surface area contributed by atoms with Crippen molar-refractivity contribution in [1.82, 2.24) is 5.32 Å². The summed E-state index contributed by atoms with van der Waals surface area (Å²) in [6, 6.07) is 13.3. The largest absolute Gasteiger partial charge is 0.483 e. The van der Waals surface area contributed by atoms with Crippen molar-refractivity contribution in [2.24, 2.45) is 0 Å². The molecular formula is C18H19NO5. The molecule has 1 aliphatic heterocycles. The summed E-state index contributed by atoms with van der Waals surface area (Å²) in [5.41, 5.74) is -1.27. The first kappa shape index (κ1) is 16.3. The highest BCUT2D eigenvalue weighted by Crippen LogP contribution is 2.25. The maximum atomic E-state index is 12.2. The van der Waals surface area contributed by atoms with Crippen molar-refractivity contribution in [2.45, 2.75) is 18.4 Å². The molecule has 1 amide bonds. The molecule has 0 aromatic heterocycles. The van der Waals surface area contributed by atoms with E-state index in [0.717, 1.165) is 10.8 Å². The molecule has 1 heterocycles. The second-order valence-corrected chi connectivity index (χ2v) is 5.81. The van der Waals surface area contributed by atoms with Crippen molar-refractivity contribution in [3.63, 3.8) is 0 Å². The van der Waals surface area contributed by atoms with Crippen LogP contribution in [0.1, 0.15) is 12.8 Å². The Labute approximate surface area is 139 Å². The highest BCUT2D eigenvalue weighted by atomic mass is 16.5. The fourth-order valence-corrected chi connectivity index (χ4v) is 2.88. The summed E-state index contributed by atoms with van der Waals surface area (Å²) in [6.07, 6.45) is 0.505. The Bertz CT molecular complexity index is 747. The number of hydrogen-bond acceptors (Lipinski definition) is 4. The summed E-state index contributed by atoms with van der Waals surface area (Å²) in [6.45, 7) is 0.400. The van der Waals surface area contributed by atoms with Crippen molar-refractivity contribution < 1.29 is 24.2 Å². The van der Waals surface area contributed by atoms with Gasteiger partial charge in [0.1, 0.15) is 11.3 Å². The van der Waals surface area contributed by atoms with E-state index in [4.69, 9.17) is 9.47 Å². The topological polar surface area (TPSA) is 84.9 Å². The number of fused-ring (bicyclic) bond motifs is 1. The van der Waals surface area contributed by atoms with E-state index in [1.807, 2.05) is 36.4 Å². The van der Waals surface area contributed by atoms with Gasteiger partial charge in [0, 0.05) is 31.4 Å². The number of nitrogens with one attached hydrogen (secondary N) is 1. The molecule has 6 heteroatoms. The number of carbonyl (C=O) groups excluding carboxylic acids is 1. The van der Waals surface area contributed by atoms with Crippen LogP contribution in [-0.2, 0) is 14.3 Å². The summed E-state index contributed by atoms with van der Waals surface area (Å²) in [4.78, 5) is 23.7. The summed E-state index contributed by atoms with van der Waals surface area (Å²) >= 11 is 0. The molecule has 3 rings (SSSR count). The van der Waals surface area contributed by atoms with E-state index in [9.17, 15) is 14.7 Å². The van der Waals surface area contributed by atoms with Crippen LogP contribution < -0.4 is 10.1 Å². The molecule has 24 heavy (non-hydrogen) atoms. The van der Waals surface area contributed by atoms with Crippen LogP contribution in [0.4, 0.5) is 0 Å². The summed E-state index contributed by atoms with van der Waals surface area (Å²) in [5.74, 6) is -0.892. The number of carboxylic acid groups (broad SMARTS) is 1. The number of carboxylic acids is 1. The van der Waals surface area contributed by atoms with Gasteiger partial charge in [-0.15, -0.1) is 0 Å². The Morgan fingerprint density at radius 1 is 1.12 bits per heavy atom. The molecule has 0 unspecified atom stereocenters. The number of carbonyl (C=O) groups is 2. The van der Waals surface area contributed by atoms with Crippen molar-refractivity contribution in [2.75, 3.05) is 19.8 Å². The molecule has 126 valence electrons. The zero-order valence-corrected chi connectivity index (χ0v) is 13.2. The van der Waals surface area contributed by atoms with Gasteiger partial charge in [0.25, 0.3) is 5.91 Å². The molecule has 6 nitrogen and oxygen atoms in total. The first-order chi connectivity index (χ1) is 11.6. The Hall–Kier alpha value is -2.60. The minimum Gasteiger partial charge on any atom is -0.483 e. The SMILES string of the molecule is O=C(COc1cccc2ccccc12)NC1(C(=O)O)CCOCC1. The average Bonchev–Trinajstić information content (AvgIpc) is 2.60. The van der Waals surface area contributed by atoms with Gasteiger partial charge < -0.3 is 19.9 Å². The van der Waals surface area contributed by atoms with E-state index in [2.05, 4.69) is 5.32 Å². The average molecular weight is 329 g/mol. The molecular weight excluding hydrogens is 310 g/mol. The van der Waals surface area contributed by atoms with Crippen LogP contribution in [0.15, 0.2) is 42.5 Å². The normalized spacial score (nSPS) is 16.5. The van der Waals surface area contributed by atoms with E-state index in [1.54, 1.807) is 6.07 Å². The number of ether oxygens (including phenoxy) is 2. The number of rotatable bonds is 5. The van der Waals surface area contributed by atoms with Gasteiger partial charge in [-0.05, 0) is 11.5 Å². The Balaban J connectivity index is 1.67. The number of hydrogen-bond donors (Lipinski definition) is 2. The molecule has 1 saturated heterocycles. The van der Waals surface area contributed by atoms with E-state index >= 15 is 0 Å². The lowest BCUT2D eigenvalue weighted by Crippen LogP contribution is -2.58. The fraction of sp³-hybridized carbons (Fsp3) is 0.333. The molecule has 0 atom stereocenters. The second kappa shape index (κ2) is 6.88. The summed E-state index contributed by atoms with van der Waals surface area (Å²) < 4.78 is 10.8. The maximum Gasteiger partial charge on any atom is 0.329 e. The van der Waals surface area contributed by atoms with E-state index in [-0.39, 0.29) is 19.4 Å². The van der Waals surface area contributed by atoms with Gasteiger partial charge in [-0.3, -0.25) is 4.79 Å². The van der Waals surface area contributed by atoms with Crippen LogP contribution in [0.5, 0.6) is 5.75 Å². The molecule has 0 spiro atoms. The molecule has 0 bridgehead atoms. The van der Waals surface area contributed by atoms with Crippen molar-refractivity contribution >= 4 is 22.6 Å². The van der Waals surface area contributed by atoms with Crippen LogP contribution in [0.2, 0.25) is 0 Å². The standard InChI is InChI=1S/C18H19NO5/c20-16(19-18(17(21)22)8-10-23-11-9-18)12-24-15-7-3-5-13-4-1-2-6-14(13)15/h1-7H,8-12H2,(H,19,20)(H,21,22). The fourth-order valence-electron chi connectivity index (χ4n) is 2.88. The highest BCUT2D eigenvalue weighted by Gasteiger charge is 2.41. The zero-order chi connectivity index (χ0) is 17.0. The quantitative estimate of drug-likeness (QED) is 0.876. The van der Waals surface area contributed by atoms with Gasteiger partial charge >= 0.3 is 5.97 Å². The van der Waals surface area contributed by atoms with Crippen molar-refractivity contribution in [3.8, 4) is 5.75 Å². The Kier molecular flexibility index (Phi) is 4.66. The van der Waals surface area contributed by atoms with Crippen molar-refractivity contribution in [1.29, 1.82) is 0 Å². The molecule has 1 aliphatic rings. The number of benzene rings is 2. The summed E-state index contributed by atoms with van der Waals surface area (Å²) in [7, 11) is 0. The van der Waals surface area contributed by atoms with E-state index < -0.39 is 17.4 Å². The van der Waals surface area contributed by atoms with Gasteiger partial charge in [-0.2, -0.15) is 0 Å². The molecule has 2 aromatic carbocycles. The lowest BCUT2D eigenvalue weighted by molar-refractivity contribution is -0.152. The number of amides is 1. The third kappa shape index (κ3) is 3.33. The minimum atomic E-state index is -1.27. The molecule has 0 saturated carbocycles. The predicted octanol–water partition coefficient (Wildman–Crippen LogP) is 1.97. The first-order valence-corrected chi connectivity index (χ1v) is 7.83. The lowest BCUT2D eigenvalue weighted by Gasteiger charge is -2.33. The van der Waals surface area contributed by atoms with Gasteiger partial charge in [-0.25, -0.2) is 4.79 Å². The predicted molar refractivity (Wildman–Crippen MR) is 88.0 cm³/mol. The lowest BCUT2D eigenvalue weighted by atomic mass is 9.90. The third-order valence-corrected chi connectivity index (χ3v) is 4.24. The van der Waals surface area contributed by atoms with E-state index in [0.29, 0.717) is 19.0 Å². The molecule has 2 aromatic rings. The first-order valence-electron chi connectivity index (χ1n) is 7.83. The molecule has 1 fully saturated rings. The molecule has 0 radical (unpaired) electrons. The van der Waals surface area contributed by atoms with Gasteiger partial charge in [0.2, 0.25) is 0 Å². The highest BCUT2D eigenvalue weighted by molar-refractivity contribution is 5.90.